The van der Waals surface area contributed by atoms with Crippen LogP contribution in [0.15, 0.2) is 0 Å². The van der Waals surface area contributed by atoms with E-state index in [1.165, 1.54) is 77.0 Å². The van der Waals surface area contributed by atoms with Gasteiger partial charge in [0.15, 0.2) is 0 Å². The first-order valence-corrected chi connectivity index (χ1v) is 8.57. The molecule has 0 aliphatic heterocycles. The zero-order valence-electron chi connectivity index (χ0n) is 13.4. The molecule has 0 unspecified atom stereocenters. The van der Waals surface area contributed by atoms with Gasteiger partial charge in [0.25, 0.3) is 0 Å². The van der Waals surface area contributed by atoms with E-state index in [1.807, 2.05) is 0 Å². The summed E-state index contributed by atoms with van der Waals surface area (Å²) in [5, 5.41) is 0. The lowest BCUT2D eigenvalue weighted by molar-refractivity contribution is 0.213. The van der Waals surface area contributed by atoms with Crippen molar-refractivity contribution in [1.82, 2.24) is 0 Å². The lowest BCUT2D eigenvalue weighted by Crippen LogP contribution is -2.07. The maximum absolute atomic E-state index is 5.46. The number of unbranched alkanes of at least 4 members (excludes halogenated alkanes) is 10. The zero-order chi connectivity index (χ0) is 14.0. The highest BCUT2D eigenvalue weighted by Crippen LogP contribution is 2.05. The Bertz CT molecular complexity index is 138. The maximum atomic E-state index is 5.46. The van der Waals surface area contributed by atoms with E-state index >= 15 is 0 Å². The van der Waals surface area contributed by atoms with Crippen LogP contribution in [-0.4, -0.2) is 20.9 Å². The molecule has 0 saturated carbocycles. The Morgan fingerprint density at radius 3 is 1.32 bits per heavy atom. The Balaban J connectivity index is 2.88. The monoisotopic (exact) mass is 270 g/mol. The normalized spacial score (nSPS) is 10.8. The first-order chi connectivity index (χ1) is 9.41. The summed E-state index contributed by atoms with van der Waals surface area (Å²) in [6.07, 6.45) is 15.8. The van der Waals surface area contributed by atoms with E-state index in [2.05, 4.69) is 13.8 Å². The minimum absolute atomic E-state index is 0.490. The lowest BCUT2D eigenvalue weighted by Gasteiger charge is -2.05. The van der Waals surface area contributed by atoms with E-state index in [1.54, 1.807) is 0 Å². The molecule has 0 atom stereocenters. The molecule has 0 heterocycles. The molecule has 0 fully saturated rings. The van der Waals surface area contributed by atoms with Crippen molar-refractivity contribution in [3.05, 3.63) is 0 Å². The van der Waals surface area contributed by atoms with Crippen molar-refractivity contribution in [3.63, 3.8) is 0 Å². The first kappa shape index (κ1) is 19.0. The molecular weight excluding hydrogens is 235 g/mol. The molecule has 19 heavy (non-hydrogen) atoms. The van der Waals surface area contributed by atoms with Gasteiger partial charge in [-0.05, 0) is 12.8 Å². The van der Waals surface area contributed by atoms with Crippen LogP contribution in [0, 0.1) is 0 Å². The topological polar surface area (TPSA) is 18.5 Å². The summed E-state index contributed by atoms with van der Waals surface area (Å²) in [6, 6.07) is 0. The van der Waals surface area contributed by atoms with Crippen molar-refractivity contribution in [1.29, 1.82) is 0 Å². The highest BCUT2D eigenvalue weighted by Gasteiger charge is 1.95. The summed E-state index contributed by atoms with van der Waals surface area (Å²) in [4.78, 5) is 0. The van der Waals surface area contributed by atoms with Crippen LogP contribution in [0.2, 0.25) is 0 Å². The van der Waals surface area contributed by atoms with E-state index in [4.69, 9.17) is 9.31 Å². The average Bonchev–Trinajstić information content (AvgIpc) is 2.43. The Hall–Kier alpha value is -0.0151. The molecule has 0 N–H and O–H groups in total. The molecule has 0 amide bonds. The number of rotatable bonds is 16. The van der Waals surface area contributed by atoms with Crippen LogP contribution >= 0.6 is 0 Å². The molecule has 2 nitrogen and oxygen atoms in total. The second kappa shape index (κ2) is 18.0. The molecule has 0 aromatic rings. The summed E-state index contributed by atoms with van der Waals surface area (Å²) in [7, 11) is 0.490. The van der Waals surface area contributed by atoms with Crippen LogP contribution in [0.1, 0.15) is 90.9 Å². The summed E-state index contributed by atoms with van der Waals surface area (Å²) < 4.78 is 10.9. The largest absolute Gasteiger partial charge is 0.438 e. The minimum Gasteiger partial charge on any atom is -0.414 e. The summed E-state index contributed by atoms with van der Waals surface area (Å²) in [6.45, 7) is 6.24. The third-order valence-corrected chi connectivity index (χ3v) is 3.45. The van der Waals surface area contributed by atoms with E-state index in [0.717, 1.165) is 13.2 Å². The first-order valence-electron chi connectivity index (χ1n) is 8.57. The van der Waals surface area contributed by atoms with Gasteiger partial charge < -0.3 is 9.31 Å². The van der Waals surface area contributed by atoms with Crippen molar-refractivity contribution in [2.24, 2.45) is 0 Å². The van der Waals surface area contributed by atoms with Crippen LogP contribution in [0.5, 0.6) is 0 Å². The Morgan fingerprint density at radius 2 is 0.895 bits per heavy atom. The molecule has 0 rings (SSSR count). The van der Waals surface area contributed by atoms with Gasteiger partial charge >= 0.3 is 7.69 Å². The van der Waals surface area contributed by atoms with Gasteiger partial charge in [0.1, 0.15) is 0 Å². The van der Waals surface area contributed by atoms with E-state index in [0.29, 0.717) is 7.69 Å². The molecule has 114 valence electrons. The summed E-state index contributed by atoms with van der Waals surface area (Å²) in [5.74, 6) is 0. The van der Waals surface area contributed by atoms with Crippen molar-refractivity contribution in [2.75, 3.05) is 13.2 Å². The molecule has 0 bridgehead atoms. The van der Waals surface area contributed by atoms with Gasteiger partial charge in [0.2, 0.25) is 0 Å². The van der Waals surface area contributed by atoms with E-state index in [-0.39, 0.29) is 0 Å². The number of hydrogen-bond donors (Lipinski definition) is 0. The second-order valence-electron chi connectivity index (χ2n) is 5.47. The molecule has 0 saturated heterocycles. The predicted octanol–water partition coefficient (Wildman–Crippen LogP) is 5.01. The number of hydrogen-bond acceptors (Lipinski definition) is 2. The van der Waals surface area contributed by atoms with Crippen molar-refractivity contribution < 1.29 is 9.31 Å². The second-order valence-corrected chi connectivity index (χ2v) is 5.47. The third kappa shape index (κ3) is 18.0. The van der Waals surface area contributed by atoms with Crippen LogP contribution in [0.4, 0.5) is 0 Å². The van der Waals surface area contributed by atoms with Crippen LogP contribution < -0.4 is 0 Å². The molecule has 0 spiro atoms. The predicted molar refractivity (Wildman–Crippen MR) is 85.8 cm³/mol. The van der Waals surface area contributed by atoms with Crippen molar-refractivity contribution in [3.8, 4) is 0 Å². The van der Waals surface area contributed by atoms with E-state index < -0.39 is 0 Å². The fourth-order valence-corrected chi connectivity index (χ4v) is 2.15. The Labute approximate surface area is 121 Å². The molecule has 3 heteroatoms. The van der Waals surface area contributed by atoms with Gasteiger partial charge in [0.05, 0.1) is 0 Å². The quantitative estimate of drug-likeness (QED) is 0.290. The molecule has 0 aliphatic rings. The van der Waals surface area contributed by atoms with Crippen LogP contribution in [-0.2, 0) is 9.31 Å². The van der Waals surface area contributed by atoms with Gasteiger partial charge in [-0.15, -0.1) is 0 Å². The zero-order valence-corrected chi connectivity index (χ0v) is 13.4. The van der Waals surface area contributed by atoms with Crippen LogP contribution in [0.25, 0.3) is 0 Å². The van der Waals surface area contributed by atoms with Gasteiger partial charge in [0, 0.05) is 13.2 Å². The molecule has 0 radical (unpaired) electrons. The fourth-order valence-electron chi connectivity index (χ4n) is 2.15. The summed E-state index contributed by atoms with van der Waals surface area (Å²) in [5.41, 5.74) is 0. The smallest absolute Gasteiger partial charge is 0.414 e. The standard InChI is InChI=1S/C16H35BO2/c1-3-5-7-9-11-13-15-18-17-19-16-14-12-10-8-6-4-2/h17H,3-16H2,1-2H3. The highest BCUT2D eigenvalue weighted by atomic mass is 16.6. The average molecular weight is 270 g/mol. The highest BCUT2D eigenvalue weighted by molar-refractivity contribution is 6.17. The maximum Gasteiger partial charge on any atom is 0.438 e. The van der Waals surface area contributed by atoms with Gasteiger partial charge in [-0.25, -0.2) is 0 Å². The minimum atomic E-state index is 0.490. The van der Waals surface area contributed by atoms with Gasteiger partial charge in [-0.2, -0.15) is 0 Å². The molecule has 0 aliphatic carbocycles. The third-order valence-electron chi connectivity index (χ3n) is 3.45. The molecule has 0 aromatic heterocycles. The SMILES string of the molecule is CCCCCCCCOBOCCCCCCCC. The molecule has 0 aromatic carbocycles. The van der Waals surface area contributed by atoms with Crippen LogP contribution in [0.3, 0.4) is 0 Å². The lowest BCUT2D eigenvalue weighted by atomic mass is 10.1. The summed E-state index contributed by atoms with van der Waals surface area (Å²) >= 11 is 0. The van der Waals surface area contributed by atoms with Gasteiger partial charge in [-0.1, -0.05) is 78.1 Å². The van der Waals surface area contributed by atoms with Crippen molar-refractivity contribution in [2.45, 2.75) is 90.9 Å². The Kier molecular flexibility index (Phi) is 18.0. The van der Waals surface area contributed by atoms with Gasteiger partial charge in [-0.3, -0.25) is 0 Å². The molecular formula is C16H35BO2. The fraction of sp³-hybridized carbons (Fsp3) is 1.00. The van der Waals surface area contributed by atoms with Crippen molar-refractivity contribution >= 4 is 7.69 Å². The van der Waals surface area contributed by atoms with E-state index in [9.17, 15) is 0 Å². The Morgan fingerprint density at radius 1 is 0.526 bits per heavy atom.